The highest BCUT2D eigenvalue weighted by Crippen LogP contribution is 2.38. The molecule has 1 atom stereocenters. The van der Waals surface area contributed by atoms with E-state index in [9.17, 15) is 18.0 Å². The van der Waals surface area contributed by atoms with Crippen molar-refractivity contribution in [2.45, 2.75) is 71.8 Å². The molecule has 0 aliphatic heterocycles. The fourth-order valence-electron chi connectivity index (χ4n) is 4.23. The smallest absolute Gasteiger partial charge is 0.306 e. The van der Waals surface area contributed by atoms with Gasteiger partial charge in [0.15, 0.2) is 11.5 Å². The first-order valence-corrected chi connectivity index (χ1v) is 11.2. The molecule has 3 aromatic heterocycles. The minimum Gasteiger partial charge on any atom is -0.306 e. The summed E-state index contributed by atoms with van der Waals surface area (Å²) in [7, 11) is 0. The van der Waals surface area contributed by atoms with Crippen LogP contribution in [0.5, 0.6) is 0 Å². The van der Waals surface area contributed by atoms with Crippen molar-refractivity contribution in [3.8, 4) is 0 Å². The van der Waals surface area contributed by atoms with Crippen LogP contribution in [0.3, 0.4) is 0 Å². The molecule has 0 spiro atoms. The Morgan fingerprint density at radius 3 is 2.58 bits per heavy atom. The topological polar surface area (TPSA) is 82.6 Å². The first-order chi connectivity index (χ1) is 15.6. The second-order valence-corrected chi connectivity index (χ2v) is 8.51. The van der Waals surface area contributed by atoms with Gasteiger partial charge in [0, 0.05) is 35.8 Å². The molecule has 1 N–H and O–H groups in total. The van der Waals surface area contributed by atoms with Crippen molar-refractivity contribution in [3.63, 3.8) is 0 Å². The maximum atomic E-state index is 13.4. The third kappa shape index (κ3) is 4.50. The lowest BCUT2D eigenvalue weighted by Gasteiger charge is -2.17. The Hall–Kier alpha value is -2.82. The van der Waals surface area contributed by atoms with Gasteiger partial charge in [0.1, 0.15) is 11.1 Å². The number of alkyl halides is 3. The van der Waals surface area contributed by atoms with Gasteiger partial charge in [-0.2, -0.15) is 28.5 Å². The standard InChI is InChI=1S/C21H25ClF3N7O/c1-4-16(32-17-8-6-7-14(17)18(28-32)21(23,24)25)20(33)26-19-15(22)11-31(29-19)10-13-9-30(5-2)27-12(13)3/h9,11,16H,4-8,10H2,1-3H3,(H,26,29,33)/t16-/m0/s1. The van der Waals surface area contributed by atoms with Crippen molar-refractivity contribution in [1.82, 2.24) is 29.3 Å². The lowest BCUT2D eigenvalue weighted by molar-refractivity contribution is -0.142. The quantitative estimate of drug-likeness (QED) is 0.540. The number of hydrogen-bond donors (Lipinski definition) is 1. The normalized spacial score (nSPS) is 14.5. The summed E-state index contributed by atoms with van der Waals surface area (Å²) >= 11 is 6.29. The van der Waals surface area contributed by atoms with Crippen LogP contribution in [0.4, 0.5) is 19.0 Å². The zero-order chi connectivity index (χ0) is 23.9. The molecule has 0 radical (unpaired) electrons. The molecule has 3 aromatic rings. The largest absolute Gasteiger partial charge is 0.435 e. The number of fused-ring (bicyclic) bond motifs is 1. The highest BCUT2D eigenvalue weighted by molar-refractivity contribution is 6.33. The van der Waals surface area contributed by atoms with E-state index in [0.717, 1.165) is 17.8 Å². The average Bonchev–Trinajstić information content (AvgIpc) is 3.49. The molecule has 0 saturated carbocycles. The molecule has 0 aromatic carbocycles. The molecule has 1 amide bonds. The summed E-state index contributed by atoms with van der Waals surface area (Å²) in [6.45, 7) is 6.78. The first-order valence-electron chi connectivity index (χ1n) is 10.9. The molecule has 0 fully saturated rings. The Labute approximate surface area is 193 Å². The minimum atomic E-state index is -4.56. The van der Waals surface area contributed by atoms with Crippen molar-refractivity contribution in [2.24, 2.45) is 0 Å². The van der Waals surface area contributed by atoms with E-state index >= 15 is 0 Å². The number of aryl methyl sites for hydroxylation is 2. The van der Waals surface area contributed by atoms with E-state index < -0.39 is 23.8 Å². The first kappa shape index (κ1) is 23.3. The summed E-state index contributed by atoms with van der Waals surface area (Å²) in [4.78, 5) is 13.0. The second-order valence-electron chi connectivity index (χ2n) is 8.10. The van der Waals surface area contributed by atoms with E-state index in [2.05, 4.69) is 20.6 Å². The van der Waals surface area contributed by atoms with Crippen molar-refractivity contribution in [3.05, 3.63) is 45.6 Å². The van der Waals surface area contributed by atoms with Crippen LogP contribution in [0.1, 0.15) is 60.9 Å². The van der Waals surface area contributed by atoms with E-state index in [-0.39, 0.29) is 22.8 Å². The number of nitrogens with one attached hydrogen (secondary N) is 1. The van der Waals surface area contributed by atoms with E-state index in [4.69, 9.17) is 11.6 Å². The van der Waals surface area contributed by atoms with Gasteiger partial charge >= 0.3 is 6.18 Å². The lowest BCUT2D eigenvalue weighted by atomic mass is 10.1. The van der Waals surface area contributed by atoms with E-state index in [1.807, 2.05) is 24.7 Å². The number of hydrogen-bond acceptors (Lipinski definition) is 4. The Bertz CT molecular complexity index is 1180. The number of halogens is 4. The van der Waals surface area contributed by atoms with Gasteiger partial charge in [-0.05, 0) is 39.5 Å². The molecule has 0 unspecified atom stereocenters. The van der Waals surface area contributed by atoms with Gasteiger partial charge in [0.25, 0.3) is 0 Å². The second kappa shape index (κ2) is 8.85. The predicted molar refractivity (Wildman–Crippen MR) is 116 cm³/mol. The van der Waals surface area contributed by atoms with Crippen LogP contribution < -0.4 is 5.32 Å². The third-order valence-corrected chi connectivity index (χ3v) is 6.15. The van der Waals surface area contributed by atoms with Crippen LogP contribution in [0.2, 0.25) is 5.02 Å². The van der Waals surface area contributed by atoms with E-state index in [0.29, 0.717) is 31.5 Å². The minimum absolute atomic E-state index is 0.153. The van der Waals surface area contributed by atoms with Crippen molar-refractivity contribution in [1.29, 1.82) is 0 Å². The molecule has 8 nitrogen and oxygen atoms in total. The molecule has 12 heteroatoms. The summed E-state index contributed by atoms with van der Waals surface area (Å²) in [5.41, 5.74) is 1.61. The van der Waals surface area contributed by atoms with Crippen LogP contribution >= 0.6 is 11.6 Å². The summed E-state index contributed by atoms with van der Waals surface area (Å²) in [6.07, 6.45) is 0.611. The zero-order valence-corrected chi connectivity index (χ0v) is 19.3. The number of anilines is 1. The van der Waals surface area contributed by atoms with Gasteiger partial charge in [0.05, 0.1) is 12.2 Å². The van der Waals surface area contributed by atoms with Crippen molar-refractivity contribution < 1.29 is 18.0 Å². The monoisotopic (exact) mass is 483 g/mol. The molecular weight excluding hydrogens is 459 g/mol. The maximum absolute atomic E-state index is 13.4. The zero-order valence-electron chi connectivity index (χ0n) is 18.6. The Morgan fingerprint density at radius 1 is 1.18 bits per heavy atom. The van der Waals surface area contributed by atoms with E-state index in [1.165, 1.54) is 4.68 Å². The third-order valence-electron chi connectivity index (χ3n) is 5.87. The Balaban J connectivity index is 1.55. The fraction of sp³-hybridized carbons (Fsp3) is 0.524. The highest BCUT2D eigenvalue weighted by atomic mass is 35.5. The molecule has 0 saturated heterocycles. The number of nitrogens with zero attached hydrogens (tertiary/aromatic N) is 6. The Kier molecular flexibility index (Phi) is 6.26. The summed E-state index contributed by atoms with van der Waals surface area (Å²) in [5, 5.41) is 15.5. The maximum Gasteiger partial charge on any atom is 0.435 e. The van der Waals surface area contributed by atoms with Crippen LogP contribution in [0.15, 0.2) is 12.4 Å². The number of aromatic nitrogens is 6. The molecule has 1 aliphatic rings. The summed E-state index contributed by atoms with van der Waals surface area (Å²) in [6, 6.07) is -0.904. The van der Waals surface area contributed by atoms with Gasteiger partial charge in [-0.25, -0.2) is 0 Å². The molecule has 33 heavy (non-hydrogen) atoms. The number of carbonyl (C=O) groups excluding carboxylic acids is 1. The van der Waals surface area contributed by atoms with Gasteiger partial charge in [0.2, 0.25) is 5.91 Å². The van der Waals surface area contributed by atoms with Crippen molar-refractivity contribution >= 4 is 23.3 Å². The van der Waals surface area contributed by atoms with Gasteiger partial charge in [-0.15, -0.1) is 0 Å². The SMILES string of the molecule is CC[C@@H](C(=O)Nc1nn(Cc2cn(CC)nc2C)cc1Cl)n1nc(C(F)(F)F)c2c1CCC2. The van der Waals surface area contributed by atoms with Crippen LogP contribution in [-0.2, 0) is 36.9 Å². The lowest BCUT2D eigenvalue weighted by Crippen LogP contribution is -2.28. The number of rotatable bonds is 7. The summed E-state index contributed by atoms with van der Waals surface area (Å²) in [5.74, 6) is -0.356. The average molecular weight is 484 g/mol. The molecule has 1 aliphatic carbocycles. The molecular formula is C21H25ClF3N7O. The molecule has 0 bridgehead atoms. The summed E-state index contributed by atoms with van der Waals surface area (Å²) < 4.78 is 45.0. The van der Waals surface area contributed by atoms with Gasteiger partial charge in [-0.3, -0.25) is 18.8 Å². The van der Waals surface area contributed by atoms with Crippen molar-refractivity contribution in [2.75, 3.05) is 5.32 Å². The van der Waals surface area contributed by atoms with Gasteiger partial charge in [-0.1, -0.05) is 18.5 Å². The molecule has 3 heterocycles. The molecule has 178 valence electrons. The highest BCUT2D eigenvalue weighted by Gasteiger charge is 2.41. The van der Waals surface area contributed by atoms with Crippen LogP contribution in [0, 0.1) is 6.92 Å². The van der Waals surface area contributed by atoms with Crippen LogP contribution in [0.25, 0.3) is 0 Å². The molecule has 4 rings (SSSR count). The van der Waals surface area contributed by atoms with Gasteiger partial charge < -0.3 is 5.32 Å². The van der Waals surface area contributed by atoms with Crippen LogP contribution in [-0.4, -0.2) is 35.2 Å². The number of amides is 1. The predicted octanol–water partition coefficient (Wildman–Crippen LogP) is 4.40. The fourth-order valence-corrected chi connectivity index (χ4v) is 4.43. The Morgan fingerprint density at radius 2 is 1.94 bits per heavy atom. The number of carbonyl (C=O) groups is 1. The van der Waals surface area contributed by atoms with E-state index in [1.54, 1.807) is 17.8 Å².